The fourth-order valence-corrected chi connectivity index (χ4v) is 2.21. The van der Waals surface area contributed by atoms with E-state index in [9.17, 15) is 10.1 Å². The van der Waals surface area contributed by atoms with Crippen molar-refractivity contribution in [2.45, 2.75) is 31.7 Å². The van der Waals surface area contributed by atoms with Gasteiger partial charge in [0.05, 0.1) is 11.0 Å². The van der Waals surface area contributed by atoms with Gasteiger partial charge in [0.25, 0.3) is 0 Å². The van der Waals surface area contributed by atoms with E-state index in [2.05, 4.69) is 5.10 Å². The lowest BCUT2D eigenvalue weighted by atomic mass is 9.87. The van der Waals surface area contributed by atoms with Gasteiger partial charge < -0.3 is 5.11 Å². The molecule has 0 saturated heterocycles. The third kappa shape index (κ3) is 2.21. The first-order valence-electron chi connectivity index (χ1n) is 5.50. The molecule has 0 unspecified atom stereocenters. The summed E-state index contributed by atoms with van der Waals surface area (Å²) in [5, 5.41) is 23.6. The average molecular weight is 225 g/mol. The summed E-state index contributed by atoms with van der Waals surface area (Å²) in [6, 6.07) is 0.247. The lowest BCUT2D eigenvalue weighted by molar-refractivity contribution is -0.385. The van der Waals surface area contributed by atoms with Crippen LogP contribution in [0.5, 0.6) is 0 Å². The standard InChI is InChI=1S/C10H15N3O3/c14-7-8-1-3-9(4-2-8)12-6-10(5-11-12)13(15)16/h5-6,8-9,14H,1-4,7H2/t8-,9-. The van der Waals surface area contributed by atoms with E-state index in [1.54, 1.807) is 4.68 Å². The van der Waals surface area contributed by atoms with Gasteiger partial charge in [-0.3, -0.25) is 14.8 Å². The molecule has 1 fully saturated rings. The summed E-state index contributed by atoms with van der Waals surface area (Å²) in [6.07, 6.45) is 6.58. The molecule has 0 radical (unpaired) electrons. The van der Waals surface area contributed by atoms with E-state index in [-0.39, 0.29) is 18.3 Å². The minimum absolute atomic E-state index is 0.0456. The summed E-state index contributed by atoms with van der Waals surface area (Å²) < 4.78 is 1.69. The first-order valence-corrected chi connectivity index (χ1v) is 5.50. The molecule has 1 N–H and O–H groups in total. The first kappa shape index (κ1) is 11.1. The van der Waals surface area contributed by atoms with Crippen molar-refractivity contribution in [3.05, 3.63) is 22.5 Å². The molecule has 0 amide bonds. The van der Waals surface area contributed by atoms with Gasteiger partial charge in [-0.1, -0.05) is 0 Å². The van der Waals surface area contributed by atoms with Crippen molar-refractivity contribution in [1.82, 2.24) is 9.78 Å². The molecule has 6 heteroatoms. The summed E-state index contributed by atoms with van der Waals surface area (Å²) in [7, 11) is 0. The van der Waals surface area contributed by atoms with Crippen LogP contribution in [0.3, 0.4) is 0 Å². The molecule has 16 heavy (non-hydrogen) atoms. The van der Waals surface area contributed by atoms with Gasteiger partial charge in [-0.05, 0) is 31.6 Å². The molecular weight excluding hydrogens is 210 g/mol. The molecular formula is C10H15N3O3. The highest BCUT2D eigenvalue weighted by atomic mass is 16.6. The molecule has 0 atom stereocenters. The minimum atomic E-state index is -0.428. The van der Waals surface area contributed by atoms with Crippen LogP contribution >= 0.6 is 0 Å². The first-order chi connectivity index (χ1) is 7.70. The van der Waals surface area contributed by atoms with Crippen LogP contribution < -0.4 is 0 Å². The zero-order valence-electron chi connectivity index (χ0n) is 8.95. The molecule has 1 heterocycles. The smallest absolute Gasteiger partial charge is 0.307 e. The van der Waals surface area contributed by atoms with E-state index in [1.807, 2.05) is 0 Å². The van der Waals surface area contributed by atoms with Crippen LogP contribution in [-0.4, -0.2) is 26.4 Å². The minimum Gasteiger partial charge on any atom is -0.396 e. The highest BCUT2D eigenvalue weighted by molar-refractivity contribution is 5.21. The van der Waals surface area contributed by atoms with Gasteiger partial charge in [0.15, 0.2) is 0 Å². The van der Waals surface area contributed by atoms with Gasteiger partial charge in [0, 0.05) is 6.61 Å². The Morgan fingerprint density at radius 3 is 2.69 bits per heavy atom. The molecule has 2 rings (SSSR count). The van der Waals surface area contributed by atoms with Crippen molar-refractivity contribution < 1.29 is 10.0 Å². The number of hydrogen-bond acceptors (Lipinski definition) is 4. The van der Waals surface area contributed by atoms with E-state index in [4.69, 9.17) is 5.11 Å². The molecule has 1 aromatic heterocycles. The Kier molecular flexibility index (Phi) is 3.19. The maximum atomic E-state index is 10.5. The van der Waals surface area contributed by atoms with Crippen LogP contribution in [0.25, 0.3) is 0 Å². The van der Waals surface area contributed by atoms with E-state index in [0.717, 1.165) is 25.7 Å². The summed E-state index contributed by atoms with van der Waals surface area (Å²) >= 11 is 0. The van der Waals surface area contributed by atoms with Crippen LogP contribution in [0.4, 0.5) is 5.69 Å². The fourth-order valence-electron chi connectivity index (χ4n) is 2.21. The van der Waals surface area contributed by atoms with Crippen molar-refractivity contribution >= 4 is 5.69 Å². The molecule has 88 valence electrons. The van der Waals surface area contributed by atoms with Crippen LogP contribution in [-0.2, 0) is 0 Å². The number of aromatic nitrogens is 2. The highest BCUT2D eigenvalue weighted by Gasteiger charge is 2.23. The number of aliphatic hydroxyl groups is 1. The maximum absolute atomic E-state index is 10.5. The monoisotopic (exact) mass is 225 g/mol. The summed E-state index contributed by atoms with van der Waals surface area (Å²) in [6.45, 7) is 0.242. The van der Waals surface area contributed by atoms with Crippen LogP contribution in [0.2, 0.25) is 0 Å². The Morgan fingerprint density at radius 2 is 2.19 bits per heavy atom. The van der Waals surface area contributed by atoms with Gasteiger partial charge >= 0.3 is 5.69 Å². The van der Waals surface area contributed by atoms with Gasteiger partial charge in [-0.15, -0.1) is 0 Å². The fraction of sp³-hybridized carbons (Fsp3) is 0.700. The van der Waals surface area contributed by atoms with Crippen molar-refractivity contribution in [2.75, 3.05) is 6.61 Å². The lowest BCUT2D eigenvalue weighted by Crippen LogP contribution is -2.20. The molecule has 0 spiro atoms. The van der Waals surface area contributed by atoms with Crippen molar-refractivity contribution in [2.24, 2.45) is 5.92 Å². The molecule has 0 aromatic carbocycles. The normalized spacial score (nSPS) is 25.6. The van der Waals surface area contributed by atoms with Crippen molar-refractivity contribution in [3.63, 3.8) is 0 Å². The van der Waals surface area contributed by atoms with E-state index in [0.29, 0.717) is 5.92 Å². The van der Waals surface area contributed by atoms with Crippen LogP contribution in [0.15, 0.2) is 12.4 Å². The predicted molar refractivity (Wildman–Crippen MR) is 57.0 cm³/mol. The number of nitro groups is 1. The molecule has 6 nitrogen and oxygen atoms in total. The third-order valence-corrected chi connectivity index (χ3v) is 3.25. The molecule has 1 aliphatic rings. The van der Waals surface area contributed by atoms with Gasteiger partial charge in [0.1, 0.15) is 12.4 Å². The SMILES string of the molecule is O=[N+]([O-])c1cnn([C@H]2CC[C@H](CO)CC2)c1. The second-order valence-corrected chi connectivity index (χ2v) is 4.29. The largest absolute Gasteiger partial charge is 0.396 e. The number of rotatable bonds is 3. The molecule has 0 bridgehead atoms. The Morgan fingerprint density at radius 1 is 1.50 bits per heavy atom. The van der Waals surface area contributed by atoms with Gasteiger partial charge in [0.2, 0.25) is 0 Å². The summed E-state index contributed by atoms with van der Waals surface area (Å²) in [4.78, 5) is 10.1. The topological polar surface area (TPSA) is 81.2 Å². The van der Waals surface area contributed by atoms with Crippen LogP contribution in [0, 0.1) is 16.0 Å². The van der Waals surface area contributed by atoms with Crippen molar-refractivity contribution in [1.29, 1.82) is 0 Å². The highest BCUT2D eigenvalue weighted by Crippen LogP contribution is 2.32. The third-order valence-electron chi connectivity index (χ3n) is 3.25. The number of nitrogens with zero attached hydrogens (tertiary/aromatic N) is 3. The van der Waals surface area contributed by atoms with Gasteiger partial charge in [-0.25, -0.2) is 0 Å². The van der Waals surface area contributed by atoms with E-state index < -0.39 is 4.92 Å². The Labute approximate surface area is 93.0 Å². The Hall–Kier alpha value is -1.43. The summed E-state index contributed by atoms with van der Waals surface area (Å²) in [5.74, 6) is 0.391. The average Bonchev–Trinajstić information content (AvgIpc) is 2.78. The van der Waals surface area contributed by atoms with Crippen LogP contribution in [0.1, 0.15) is 31.7 Å². The molecule has 0 aliphatic heterocycles. The zero-order valence-corrected chi connectivity index (χ0v) is 8.95. The Balaban J connectivity index is 2.00. The molecule has 1 aliphatic carbocycles. The van der Waals surface area contributed by atoms with Crippen molar-refractivity contribution in [3.8, 4) is 0 Å². The second-order valence-electron chi connectivity index (χ2n) is 4.29. The molecule has 1 saturated carbocycles. The van der Waals surface area contributed by atoms with Gasteiger partial charge in [-0.2, -0.15) is 5.10 Å². The van der Waals surface area contributed by atoms with E-state index >= 15 is 0 Å². The van der Waals surface area contributed by atoms with E-state index in [1.165, 1.54) is 12.4 Å². The predicted octanol–water partition coefficient (Wildman–Crippen LogP) is 1.51. The number of hydrogen-bond donors (Lipinski definition) is 1. The molecule has 1 aromatic rings. The zero-order chi connectivity index (χ0) is 11.5. The quantitative estimate of drug-likeness (QED) is 0.624. The number of aliphatic hydroxyl groups excluding tert-OH is 1. The Bertz CT molecular complexity index is 369. The maximum Gasteiger partial charge on any atom is 0.307 e. The second kappa shape index (κ2) is 4.61. The lowest BCUT2D eigenvalue weighted by Gasteiger charge is -2.27. The summed E-state index contributed by atoms with van der Waals surface area (Å²) in [5.41, 5.74) is 0.0456.